The van der Waals surface area contributed by atoms with Crippen molar-refractivity contribution in [3.05, 3.63) is 17.7 Å². The molecule has 0 spiro atoms. The number of phenols is 1. The Morgan fingerprint density at radius 1 is 1.50 bits per heavy atom. The summed E-state index contributed by atoms with van der Waals surface area (Å²) in [6.45, 7) is 4.58. The van der Waals surface area contributed by atoms with E-state index in [0.29, 0.717) is 18.6 Å². The molecule has 0 saturated heterocycles. The van der Waals surface area contributed by atoms with Gasteiger partial charge < -0.3 is 9.84 Å². The van der Waals surface area contributed by atoms with Crippen LogP contribution in [0.1, 0.15) is 30.1 Å². The number of carbonyl (C=O) groups is 1. The predicted octanol–water partition coefficient (Wildman–Crippen LogP) is 1.76. The second-order valence-electron chi connectivity index (χ2n) is 3.56. The first-order chi connectivity index (χ1) is 7.72. The molecule has 4 heteroatoms. The lowest BCUT2D eigenvalue weighted by Gasteiger charge is -2.11. The molecule has 0 atom stereocenters. The first kappa shape index (κ1) is 12.6. The topological polar surface area (TPSA) is 46.5 Å². The summed E-state index contributed by atoms with van der Waals surface area (Å²) in [5.41, 5.74) is 1.12. The van der Waals surface area contributed by atoms with Gasteiger partial charge in [0.1, 0.15) is 11.5 Å². The Bertz CT molecular complexity index is 364. The minimum absolute atomic E-state index is 0.0351. The molecule has 0 bridgehead atoms. The molecule has 1 radical (unpaired) electrons. The Kier molecular flexibility index (Phi) is 4.90. The minimum atomic E-state index is -0.0351. The molecule has 85 valence electrons. The standard InChI is InChI=1S/C12H16BO3/c1-3-4-5-16-12-7-11(15)9(8-14)6-10(12)13-2/h6-8,15H,3-5H2,1-2H3. The first-order valence-corrected chi connectivity index (χ1v) is 5.47. The van der Waals surface area contributed by atoms with Gasteiger partial charge in [0.05, 0.1) is 12.2 Å². The fourth-order valence-corrected chi connectivity index (χ4v) is 1.37. The van der Waals surface area contributed by atoms with E-state index in [1.165, 1.54) is 6.07 Å². The molecule has 3 nitrogen and oxygen atoms in total. The van der Waals surface area contributed by atoms with E-state index >= 15 is 0 Å². The van der Waals surface area contributed by atoms with Crippen molar-refractivity contribution in [1.29, 1.82) is 0 Å². The van der Waals surface area contributed by atoms with Crippen molar-refractivity contribution in [2.75, 3.05) is 6.61 Å². The van der Waals surface area contributed by atoms with Gasteiger partial charge in [-0.25, -0.2) is 0 Å². The van der Waals surface area contributed by atoms with Crippen LogP contribution in [-0.4, -0.2) is 25.3 Å². The summed E-state index contributed by atoms with van der Waals surface area (Å²) in [5.74, 6) is 0.589. The minimum Gasteiger partial charge on any atom is -0.507 e. The molecule has 0 aromatic heterocycles. The highest BCUT2D eigenvalue weighted by Gasteiger charge is 2.08. The van der Waals surface area contributed by atoms with Gasteiger partial charge in [-0.05, 0) is 11.9 Å². The molecule has 0 aliphatic carbocycles. The Morgan fingerprint density at radius 3 is 2.81 bits per heavy atom. The molecule has 0 heterocycles. The number of aldehydes is 1. The number of hydrogen-bond donors (Lipinski definition) is 1. The van der Waals surface area contributed by atoms with Gasteiger partial charge in [-0.1, -0.05) is 26.2 Å². The molecule has 16 heavy (non-hydrogen) atoms. The molecular weight excluding hydrogens is 203 g/mol. The summed E-state index contributed by atoms with van der Waals surface area (Å²) < 4.78 is 5.54. The highest BCUT2D eigenvalue weighted by molar-refractivity contribution is 6.53. The molecule has 0 amide bonds. The number of benzene rings is 1. The Hall–Kier alpha value is -1.45. The van der Waals surface area contributed by atoms with Crippen LogP contribution < -0.4 is 10.2 Å². The van der Waals surface area contributed by atoms with Crippen LogP contribution >= 0.6 is 0 Å². The Labute approximate surface area is 96.7 Å². The number of rotatable bonds is 6. The van der Waals surface area contributed by atoms with Gasteiger partial charge in [0.2, 0.25) is 0 Å². The van der Waals surface area contributed by atoms with E-state index < -0.39 is 0 Å². The van der Waals surface area contributed by atoms with Crippen LogP contribution in [0.2, 0.25) is 6.82 Å². The molecule has 0 aliphatic rings. The zero-order chi connectivity index (χ0) is 12.0. The fourth-order valence-electron chi connectivity index (χ4n) is 1.37. The smallest absolute Gasteiger partial charge is 0.153 e. The molecule has 1 aromatic carbocycles. The van der Waals surface area contributed by atoms with Gasteiger partial charge in [0, 0.05) is 6.07 Å². The van der Waals surface area contributed by atoms with Crippen LogP contribution in [0.3, 0.4) is 0 Å². The molecule has 0 saturated carbocycles. The molecule has 0 aliphatic heterocycles. The maximum atomic E-state index is 10.7. The van der Waals surface area contributed by atoms with Crippen molar-refractivity contribution in [1.82, 2.24) is 0 Å². The first-order valence-electron chi connectivity index (χ1n) is 5.47. The van der Waals surface area contributed by atoms with Crippen molar-refractivity contribution >= 4 is 19.0 Å². The van der Waals surface area contributed by atoms with Crippen molar-refractivity contribution in [2.45, 2.75) is 26.6 Å². The summed E-state index contributed by atoms with van der Waals surface area (Å²) >= 11 is 0. The van der Waals surface area contributed by atoms with E-state index in [2.05, 4.69) is 6.92 Å². The van der Waals surface area contributed by atoms with Gasteiger partial charge in [-0.2, -0.15) is 0 Å². The lowest BCUT2D eigenvalue weighted by atomic mass is 9.72. The number of carbonyl (C=O) groups excluding carboxylic acids is 1. The van der Waals surface area contributed by atoms with E-state index in [9.17, 15) is 9.90 Å². The maximum absolute atomic E-state index is 10.7. The average Bonchev–Trinajstić information content (AvgIpc) is 2.30. The number of aromatic hydroxyl groups is 1. The summed E-state index contributed by atoms with van der Waals surface area (Å²) in [7, 11) is 1.85. The predicted molar refractivity (Wildman–Crippen MR) is 65.1 cm³/mol. The summed E-state index contributed by atoms with van der Waals surface area (Å²) in [6, 6.07) is 3.12. The van der Waals surface area contributed by atoms with Gasteiger partial charge in [0.15, 0.2) is 13.6 Å². The molecule has 0 fully saturated rings. The van der Waals surface area contributed by atoms with Crippen LogP contribution in [0.15, 0.2) is 12.1 Å². The highest BCUT2D eigenvalue weighted by atomic mass is 16.5. The van der Waals surface area contributed by atoms with Gasteiger partial charge in [-0.15, -0.1) is 0 Å². The average molecular weight is 219 g/mol. The largest absolute Gasteiger partial charge is 0.507 e. The van der Waals surface area contributed by atoms with Gasteiger partial charge >= 0.3 is 0 Å². The van der Waals surface area contributed by atoms with E-state index in [1.807, 2.05) is 14.1 Å². The fraction of sp³-hybridized carbons (Fsp3) is 0.417. The normalized spacial score (nSPS) is 9.88. The van der Waals surface area contributed by atoms with E-state index in [0.717, 1.165) is 18.3 Å². The maximum Gasteiger partial charge on any atom is 0.153 e. The number of unbranched alkanes of at least 4 members (excludes halogenated alkanes) is 1. The third-order valence-corrected chi connectivity index (χ3v) is 2.35. The van der Waals surface area contributed by atoms with Crippen LogP contribution in [-0.2, 0) is 0 Å². The Balaban J connectivity index is 2.89. The lowest BCUT2D eigenvalue weighted by molar-refractivity contribution is 0.112. The summed E-state index contributed by atoms with van der Waals surface area (Å²) in [5, 5.41) is 9.54. The summed E-state index contributed by atoms with van der Waals surface area (Å²) in [4.78, 5) is 10.7. The van der Waals surface area contributed by atoms with E-state index in [-0.39, 0.29) is 11.3 Å². The molecular formula is C12H16BO3. The van der Waals surface area contributed by atoms with Crippen LogP contribution in [0, 0.1) is 0 Å². The second kappa shape index (κ2) is 6.21. The van der Waals surface area contributed by atoms with Crippen molar-refractivity contribution in [3.8, 4) is 11.5 Å². The third kappa shape index (κ3) is 3.02. The lowest BCUT2D eigenvalue weighted by Crippen LogP contribution is -2.16. The Morgan fingerprint density at radius 2 is 2.25 bits per heavy atom. The van der Waals surface area contributed by atoms with Crippen LogP contribution in [0.4, 0.5) is 0 Å². The van der Waals surface area contributed by atoms with Crippen LogP contribution in [0.5, 0.6) is 11.5 Å². The zero-order valence-electron chi connectivity index (χ0n) is 9.69. The second-order valence-corrected chi connectivity index (χ2v) is 3.56. The van der Waals surface area contributed by atoms with Crippen LogP contribution in [0.25, 0.3) is 0 Å². The van der Waals surface area contributed by atoms with Crippen molar-refractivity contribution in [2.24, 2.45) is 0 Å². The van der Waals surface area contributed by atoms with Gasteiger partial charge in [-0.3, -0.25) is 4.79 Å². The number of ether oxygens (including phenoxy) is 1. The SMILES string of the molecule is C[B]c1cc(C=O)c(O)cc1OCCCC. The van der Waals surface area contributed by atoms with Crippen molar-refractivity contribution in [3.63, 3.8) is 0 Å². The zero-order valence-corrected chi connectivity index (χ0v) is 9.69. The molecule has 0 unspecified atom stereocenters. The van der Waals surface area contributed by atoms with E-state index in [1.54, 1.807) is 6.07 Å². The third-order valence-electron chi connectivity index (χ3n) is 2.35. The van der Waals surface area contributed by atoms with E-state index in [4.69, 9.17) is 4.74 Å². The number of phenolic OH excluding ortho intramolecular Hbond substituents is 1. The molecule has 1 rings (SSSR count). The number of hydrogen-bond acceptors (Lipinski definition) is 3. The monoisotopic (exact) mass is 219 g/mol. The quantitative estimate of drug-likeness (QED) is 0.450. The van der Waals surface area contributed by atoms with Crippen molar-refractivity contribution < 1.29 is 14.6 Å². The molecule has 1 aromatic rings. The van der Waals surface area contributed by atoms with Gasteiger partial charge in [0.25, 0.3) is 0 Å². The highest BCUT2D eigenvalue weighted by Crippen LogP contribution is 2.20. The summed E-state index contributed by atoms with van der Waals surface area (Å²) in [6.07, 6.45) is 2.67. The molecule has 1 N–H and O–H groups in total.